The number of rotatable bonds is 11. The molecule has 6 heteroatoms. The molecule has 1 fully saturated rings. The van der Waals surface area contributed by atoms with Gasteiger partial charge in [-0.1, -0.05) is 39.8 Å². The van der Waals surface area contributed by atoms with Crippen LogP contribution in [-0.2, 0) is 20.5 Å². The molecule has 1 aliphatic heterocycles. The molecular formula is C25H44O5Si. The fourth-order valence-corrected chi connectivity index (χ4v) is 5.18. The number of ether oxygens (including phenoxy) is 3. The van der Waals surface area contributed by atoms with Gasteiger partial charge in [0.05, 0.1) is 32.0 Å². The van der Waals surface area contributed by atoms with Gasteiger partial charge in [0, 0.05) is 13.2 Å². The second-order valence-corrected chi connectivity index (χ2v) is 15.3. The molecular weight excluding hydrogens is 408 g/mol. The van der Waals surface area contributed by atoms with Crippen LogP contribution in [0.15, 0.2) is 24.3 Å². The van der Waals surface area contributed by atoms with Crippen molar-refractivity contribution in [3.63, 3.8) is 0 Å². The minimum absolute atomic E-state index is 0.0229. The summed E-state index contributed by atoms with van der Waals surface area (Å²) in [7, 11) is -0.189. The summed E-state index contributed by atoms with van der Waals surface area (Å²) >= 11 is 0. The Hall–Kier alpha value is -0.923. The molecule has 1 saturated heterocycles. The number of methoxy groups -OCH3 is 1. The van der Waals surface area contributed by atoms with Crippen molar-refractivity contribution in [2.24, 2.45) is 5.92 Å². The smallest absolute Gasteiger partial charge is 0.192 e. The Bertz CT molecular complexity index is 640. The van der Waals surface area contributed by atoms with E-state index >= 15 is 0 Å². The van der Waals surface area contributed by atoms with Crippen LogP contribution in [0.2, 0.25) is 18.1 Å². The highest BCUT2D eigenvalue weighted by Crippen LogP contribution is 2.40. The van der Waals surface area contributed by atoms with E-state index in [0.717, 1.165) is 30.6 Å². The van der Waals surface area contributed by atoms with E-state index in [2.05, 4.69) is 40.8 Å². The fraction of sp³-hybridized carbons (Fsp3) is 0.760. The lowest BCUT2D eigenvalue weighted by molar-refractivity contribution is -0.125. The van der Waals surface area contributed by atoms with Crippen LogP contribution in [0.4, 0.5) is 0 Å². The second-order valence-electron chi connectivity index (χ2n) is 10.5. The summed E-state index contributed by atoms with van der Waals surface area (Å²) in [5.74, 6) is 1.27. The van der Waals surface area contributed by atoms with Gasteiger partial charge in [-0.05, 0) is 67.4 Å². The molecule has 1 N–H and O–H groups in total. The maximum atomic E-state index is 9.57. The van der Waals surface area contributed by atoms with Crippen molar-refractivity contribution >= 4 is 8.32 Å². The largest absolute Gasteiger partial charge is 0.497 e. The van der Waals surface area contributed by atoms with Crippen LogP contribution >= 0.6 is 0 Å². The van der Waals surface area contributed by atoms with Crippen LogP contribution in [0.3, 0.4) is 0 Å². The monoisotopic (exact) mass is 452 g/mol. The zero-order valence-corrected chi connectivity index (χ0v) is 21.6. The molecule has 0 amide bonds. The topological polar surface area (TPSA) is 57.2 Å². The van der Waals surface area contributed by atoms with Gasteiger partial charge in [0.1, 0.15) is 5.75 Å². The normalized spacial score (nSPS) is 23.5. The minimum Gasteiger partial charge on any atom is -0.497 e. The lowest BCUT2D eigenvalue weighted by atomic mass is 9.94. The van der Waals surface area contributed by atoms with Gasteiger partial charge in [-0.3, -0.25) is 0 Å². The third-order valence-corrected chi connectivity index (χ3v) is 11.2. The van der Waals surface area contributed by atoms with Crippen LogP contribution in [0.1, 0.15) is 58.9 Å². The maximum absolute atomic E-state index is 9.57. The van der Waals surface area contributed by atoms with Gasteiger partial charge < -0.3 is 23.7 Å². The Morgan fingerprint density at radius 3 is 2.42 bits per heavy atom. The molecule has 2 rings (SSSR count). The molecule has 0 saturated carbocycles. The number of aliphatic hydroxyl groups is 1. The molecule has 0 bridgehead atoms. The predicted molar refractivity (Wildman–Crippen MR) is 128 cm³/mol. The molecule has 1 unspecified atom stereocenters. The van der Waals surface area contributed by atoms with Crippen LogP contribution in [0.5, 0.6) is 5.75 Å². The highest BCUT2D eigenvalue weighted by Gasteiger charge is 2.42. The first-order valence-electron chi connectivity index (χ1n) is 11.7. The number of hydrogen-bond donors (Lipinski definition) is 1. The van der Waals surface area contributed by atoms with E-state index in [4.69, 9.17) is 18.6 Å². The van der Waals surface area contributed by atoms with E-state index < -0.39 is 8.32 Å². The molecule has 0 aromatic heterocycles. The zero-order chi connectivity index (χ0) is 23.1. The first-order valence-corrected chi connectivity index (χ1v) is 14.6. The summed E-state index contributed by atoms with van der Waals surface area (Å²) in [4.78, 5) is 0. The van der Waals surface area contributed by atoms with E-state index in [1.54, 1.807) is 7.11 Å². The molecule has 178 valence electrons. The number of hydrogen-bond acceptors (Lipinski definition) is 5. The Labute approximate surface area is 190 Å². The Morgan fingerprint density at radius 1 is 1.16 bits per heavy atom. The Kier molecular flexibility index (Phi) is 10.0. The summed E-state index contributed by atoms with van der Waals surface area (Å²) in [6, 6.07) is 7.99. The number of benzene rings is 1. The first-order chi connectivity index (χ1) is 14.6. The summed E-state index contributed by atoms with van der Waals surface area (Å²) in [5, 5.41) is 9.74. The van der Waals surface area contributed by atoms with Crippen LogP contribution in [0.25, 0.3) is 0 Å². The molecule has 0 aliphatic carbocycles. The average Bonchev–Trinajstić information content (AvgIpc) is 2.69. The maximum Gasteiger partial charge on any atom is 0.192 e. The minimum atomic E-state index is -1.86. The van der Waals surface area contributed by atoms with Gasteiger partial charge in [-0.15, -0.1) is 0 Å². The molecule has 0 radical (unpaired) electrons. The molecule has 1 heterocycles. The second kappa shape index (κ2) is 11.8. The van der Waals surface area contributed by atoms with Crippen LogP contribution in [-0.4, -0.2) is 52.1 Å². The van der Waals surface area contributed by atoms with Crippen molar-refractivity contribution in [3.8, 4) is 5.75 Å². The molecule has 1 aromatic carbocycles. The highest BCUT2D eigenvalue weighted by molar-refractivity contribution is 6.74. The Morgan fingerprint density at radius 2 is 1.84 bits per heavy atom. The molecule has 4 atom stereocenters. The van der Waals surface area contributed by atoms with Crippen molar-refractivity contribution in [1.82, 2.24) is 0 Å². The Balaban J connectivity index is 1.80. The quantitative estimate of drug-likeness (QED) is 0.446. The zero-order valence-electron chi connectivity index (χ0n) is 20.6. The first kappa shape index (κ1) is 26.3. The molecule has 5 nitrogen and oxygen atoms in total. The standard InChI is InChI=1S/C25H44O5Si/c1-19(17-28-18-20-8-10-21(27-5)11-9-20)16-22-12-13-24(23(29-22)14-15-26)30-31(6,7)25(2,3)4/h8-11,19,22-24,26H,12-18H2,1-7H3/t19-,22+,23-,24?/m1/s1. The molecule has 1 aromatic rings. The molecule has 31 heavy (non-hydrogen) atoms. The molecule has 1 aliphatic rings. The van der Waals surface area contributed by atoms with Crippen molar-refractivity contribution in [2.75, 3.05) is 20.3 Å². The van der Waals surface area contributed by atoms with Gasteiger partial charge >= 0.3 is 0 Å². The third-order valence-electron chi connectivity index (χ3n) is 6.72. The lowest BCUT2D eigenvalue weighted by Gasteiger charge is -2.44. The summed E-state index contributed by atoms with van der Waals surface area (Å²) in [5.41, 5.74) is 1.15. The van der Waals surface area contributed by atoms with E-state index in [1.165, 1.54) is 0 Å². The van der Waals surface area contributed by atoms with E-state index in [0.29, 0.717) is 25.6 Å². The predicted octanol–water partition coefficient (Wildman–Crippen LogP) is 5.56. The van der Waals surface area contributed by atoms with Gasteiger partial charge in [0.15, 0.2) is 8.32 Å². The van der Waals surface area contributed by atoms with Crippen LogP contribution in [0, 0.1) is 5.92 Å². The fourth-order valence-electron chi connectivity index (χ4n) is 3.80. The van der Waals surface area contributed by atoms with E-state index in [9.17, 15) is 5.11 Å². The van der Waals surface area contributed by atoms with Gasteiger partial charge in [0.25, 0.3) is 0 Å². The SMILES string of the molecule is COc1ccc(COC[C@H](C)C[C@@H]2CCC(O[Si](C)(C)C(C)(C)C)[C@@H](CCO)O2)cc1. The molecule has 0 spiro atoms. The van der Waals surface area contributed by atoms with Gasteiger partial charge in [0.2, 0.25) is 0 Å². The van der Waals surface area contributed by atoms with Crippen LogP contribution < -0.4 is 4.74 Å². The van der Waals surface area contributed by atoms with Crippen molar-refractivity contribution in [3.05, 3.63) is 29.8 Å². The van der Waals surface area contributed by atoms with Crippen molar-refractivity contribution in [1.29, 1.82) is 0 Å². The summed E-state index contributed by atoms with van der Waals surface area (Å²) in [6.07, 6.45) is 3.88. The summed E-state index contributed by atoms with van der Waals surface area (Å²) in [6.45, 7) is 15.0. The average molecular weight is 453 g/mol. The van der Waals surface area contributed by atoms with Crippen molar-refractivity contribution < 1.29 is 23.7 Å². The lowest BCUT2D eigenvalue weighted by Crippen LogP contribution is -2.50. The summed E-state index contributed by atoms with van der Waals surface area (Å²) < 4.78 is 24.2. The third kappa shape index (κ3) is 8.17. The van der Waals surface area contributed by atoms with Crippen molar-refractivity contribution in [2.45, 2.75) is 96.4 Å². The highest BCUT2D eigenvalue weighted by atomic mass is 28.4. The van der Waals surface area contributed by atoms with Gasteiger partial charge in [-0.2, -0.15) is 0 Å². The number of aliphatic hydroxyl groups excluding tert-OH is 1. The van der Waals surface area contributed by atoms with E-state index in [-0.39, 0.29) is 30.0 Å². The van der Waals surface area contributed by atoms with Gasteiger partial charge in [-0.25, -0.2) is 0 Å². The van der Waals surface area contributed by atoms with E-state index in [1.807, 2.05) is 24.3 Å².